The highest BCUT2D eigenvalue weighted by atomic mass is 15.4. The molecule has 1 aliphatic rings. The van der Waals surface area contributed by atoms with Gasteiger partial charge in [-0.3, -0.25) is 20.0 Å². The van der Waals surface area contributed by atoms with E-state index in [1.165, 1.54) is 41.4 Å². The topological polar surface area (TPSA) is 72.1 Å². The van der Waals surface area contributed by atoms with Gasteiger partial charge >= 0.3 is 0 Å². The molecule has 7 heteroatoms. The van der Waals surface area contributed by atoms with Gasteiger partial charge in [-0.25, -0.2) is 0 Å². The van der Waals surface area contributed by atoms with Gasteiger partial charge in [0.2, 0.25) is 0 Å². The van der Waals surface area contributed by atoms with E-state index < -0.39 is 0 Å². The lowest BCUT2D eigenvalue weighted by Gasteiger charge is -2.27. The predicted molar refractivity (Wildman–Crippen MR) is 174 cm³/mol. The van der Waals surface area contributed by atoms with E-state index in [4.69, 9.17) is 0 Å². The number of para-hydroxylation sites is 2. The molecule has 2 heterocycles. The van der Waals surface area contributed by atoms with Crippen LogP contribution in [0.15, 0.2) is 85.0 Å². The second-order valence-electron chi connectivity index (χ2n) is 11.1. The monoisotopic (exact) mass is 557 g/mol. The fourth-order valence-electron chi connectivity index (χ4n) is 5.21. The third-order valence-corrected chi connectivity index (χ3v) is 7.67. The first-order valence-electron chi connectivity index (χ1n) is 15.5. The number of H-pyrrole nitrogens is 1. The zero-order valence-corrected chi connectivity index (χ0v) is 25.0. The molecule has 5 N–H and O–H groups in total. The van der Waals surface area contributed by atoms with Gasteiger partial charge in [0, 0.05) is 51.9 Å². The van der Waals surface area contributed by atoms with Gasteiger partial charge in [0.05, 0.1) is 17.7 Å². The average molecular weight is 558 g/mol. The first-order chi connectivity index (χ1) is 20.2. The zero-order valence-electron chi connectivity index (χ0n) is 25.0. The van der Waals surface area contributed by atoms with Crippen LogP contribution in [0.5, 0.6) is 0 Å². The number of nitrogens with one attached hydrogen (secondary N) is 5. The van der Waals surface area contributed by atoms with E-state index in [0.29, 0.717) is 6.04 Å². The van der Waals surface area contributed by atoms with Crippen LogP contribution in [0.1, 0.15) is 43.7 Å². The van der Waals surface area contributed by atoms with Gasteiger partial charge in [-0.15, -0.1) is 0 Å². The van der Waals surface area contributed by atoms with Crippen LogP contribution in [-0.4, -0.2) is 66.5 Å². The molecule has 2 aromatic carbocycles. The average Bonchev–Trinajstić information content (AvgIpc) is 2.99. The Morgan fingerprint density at radius 1 is 1.00 bits per heavy atom. The summed E-state index contributed by atoms with van der Waals surface area (Å²) in [6.07, 6.45) is 13.3. The SMILES string of the molecule is C=C(/C=C\C=C/CCC)CNCCN(CCNC1CCNCC1)Cc1ccc(CNCn2[nH]c3ccccc32)cc1. The summed E-state index contributed by atoms with van der Waals surface area (Å²) >= 11 is 0. The summed E-state index contributed by atoms with van der Waals surface area (Å²) in [4.78, 5) is 2.56. The molecular formula is C34H51N7. The number of hydrogen-bond donors (Lipinski definition) is 5. The third kappa shape index (κ3) is 11.1. The first kappa shape index (κ1) is 31.0. The largest absolute Gasteiger partial charge is 0.317 e. The number of rotatable bonds is 19. The van der Waals surface area contributed by atoms with Gasteiger partial charge in [0.25, 0.3) is 0 Å². The second kappa shape index (κ2) is 17.8. The first-order valence-corrected chi connectivity index (χ1v) is 15.5. The predicted octanol–water partition coefficient (Wildman–Crippen LogP) is 4.92. The second-order valence-corrected chi connectivity index (χ2v) is 11.1. The van der Waals surface area contributed by atoms with Crippen molar-refractivity contribution in [2.45, 2.75) is 58.4 Å². The van der Waals surface area contributed by atoms with Gasteiger partial charge < -0.3 is 16.0 Å². The van der Waals surface area contributed by atoms with Crippen molar-refractivity contribution in [3.05, 3.63) is 96.1 Å². The van der Waals surface area contributed by atoms with E-state index >= 15 is 0 Å². The lowest BCUT2D eigenvalue weighted by molar-refractivity contribution is 0.256. The summed E-state index contributed by atoms with van der Waals surface area (Å²) in [5.74, 6) is 0. The minimum Gasteiger partial charge on any atom is -0.317 e. The number of fused-ring (bicyclic) bond motifs is 1. The van der Waals surface area contributed by atoms with Crippen LogP contribution in [-0.2, 0) is 19.8 Å². The molecule has 7 nitrogen and oxygen atoms in total. The lowest BCUT2D eigenvalue weighted by atomic mass is 10.1. The molecule has 41 heavy (non-hydrogen) atoms. The van der Waals surface area contributed by atoms with Crippen molar-refractivity contribution < 1.29 is 0 Å². The molecule has 0 unspecified atom stereocenters. The molecule has 0 bridgehead atoms. The normalized spacial score (nSPS) is 14.8. The molecule has 0 aliphatic carbocycles. The van der Waals surface area contributed by atoms with E-state index in [2.05, 4.69) is 122 Å². The minimum absolute atomic E-state index is 0.643. The molecule has 0 saturated carbocycles. The lowest BCUT2D eigenvalue weighted by Crippen LogP contribution is -2.43. The van der Waals surface area contributed by atoms with E-state index in [-0.39, 0.29) is 0 Å². The van der Waals surface area contributed by atoms with Crippen molar-refractivity contribution >= 4 is 11.0 Å². The van der Waals surface area contributed by atoms with Crippen molar-refractivity contribution in [2.24, 2.45) is 0 Å². The number of piperidine rings is 1. The fourth-order valence-corrected chi connectivity index (χ4v) is 5.21. The molecule has 222 valence electrons. The standard InChI is InChI=1S/C34H51N7/c1-3-4-5-6-7-10-29(2)25-36-21-23-40(24-22-38-32-17-19-35-20-18-32)27-31-15-13-30(14-16-31)26-37-28-41-34-12-9-8-11-33(34)39-41/h5-16,32,35-39H,2-4,17-28H2,1H3/b6-5-,10-7-. The highest BCUT2D eigenvalue weighted by molar-refractivity contribution is 5.76. The van der Waals surface area contributed by atoms with E-state index in [1.807, 2.05) is 0 Å². The van der Waals surface area contributed by atoms with Gasteiger partial charge in [0.1, 0.15) is 0 Å². The van der Waals surface area contributed by atoms with Crippen LogP contribution in [0.25, 0.3) is 11.0 Å². The highest BCUT2D eigenvalue weighted by Gasteiger charge is 2.13. The van der Waals surface area contributed by atoms with Crippen molar-refractivity contribution in [1.82, 2.24) is 35.9 Å². The van der Waals surface area contributed by atoms with Crippen LogP contribution >= 0.6 is 0 Å². The fraction of sp³-hybridized carbons (Fsp3) is 0.471. The summed E-state index contributed by atoms with van der Waals surface area (Å²) < 4.78 is 2.14. The Balaban J connectivity index is 1.21. The van der Waals surface area contributed by atoms with Gasteiger partial charge in [-0.05, 0) is 61.2 Å². The summed E-state index contributed by atoms with van der Waals surface area (Å²) in [5.41, 5.74) is 6.23. The van der Waals surface area contributed by atoms with Crippen LogP contribution in [0.2, 0.25) is 0 Å². The molecule has 4 rings (SSSR count). The molecule has 1 saturated heterocycles. The number of allylic oxidation sites excluding steroid dienone is 3. The number of aromatic nitrogens is 2. The molecule has 1 aromatic heterocycles. The quantitative estimate of drug-likeness (QED) is 0.107. The smallest absolute Gasteiger partial charge is 0.0892 e. The molecule has 0 atom stereocenters. The maximum atomic E-state index is 4.19. The summed E-state index contributed by atoms with van der Waals surface area (Å²) in [6.45, 7) is 16.1. The molecule has 0 radical (unpaired) electrons. The minimum atomic E-state index is 0.643. The highest BCUT2D eigenvalue weighted by Crippen LogP contribution is 2.13. The Kier molecular flexibility index (Phi) is 13.4. The van der Waals surface area contributed by atoms with Crippen molar-refractivity contribution in [1.29, 1.82) is 0 Å². The number of nitrogens with zero attached hydrogens (tertiary/aromatic N) is 2. The van der Waals surface area contributed by atoms with E-state index in [0.717, 1.165) is 77.6 Å². The van der Waals surface area contributed by atoms with E-state index in [9.17, 15) is 0 Å². The summed E-state index contributed by atoms with van der Waals surface area (Å²) in [5, 5.41) is 17.7. The molecular weight excluding hydrogens is 506 g/mol. The number of aromatic amines is 1. The Labute approximate surface area is 247 Å². The van der Waals surface area contributed by atoms with Crippen LogP contribution in [0, 0.1) is 0 Å². The zero-order chi connectivity index (χ0) is 28.5. The molecule has 1 aliphatic heterocycles. The number of unbranched alkanes of at least 4 members (excludes halogenated alkanes) is 1. The van der Waals surface area contributed by atoms with Gasteiger partial charge in [0.15, 0.2) is 0 Å². The number of benzene rings is 2. The Morgan fingerprint density at radius 2 is 1.78 bits per heavy atom. The third-order valence-electron chi connectivity index (χ3n) is 7.67. The van der Waals surface area contributed by atoms with E-state index in [1.54, 1.807) is 0 Å². The van der Waals surface area contributed by atoms with Crippen molar-refractivity contribution in [3.8, 4) is 0 Å². The summed E-state index contributed by atoms with van der Waals surface area (Å²) in [6, 6.07) is 18.1. The van der Waals surface area contributed by atoms with Crippen LogP contribution < -0.4 is 21.3 Å². The summed E-state index contributed by atoms with van der Waals surface area (Å²) in [7, 11) is 0. The molecule has 0 amide bonds. The molecule has 3 aromatic rings. The molecule has 1 fully saturated rings. The van der Waals surface area contributed by atoms with Crippen LogP contribution in [0.3, 0.4) is 0 Å². The Bertz CT molecular complexity index is 1200. The van der Waals surface area contributed by atoms with Crippen molar-refractivity contribution in [3.63, 3.8) is 0 Å². The van der Waals surface area contributed by atoms with Gasteiger partial charge in [-0.2, -0.15) is 0 Å². The Hall–Kier alpha value is -2.94. The Morgan fingerprint density at radius 3 is 2.59 bits per heavy atom. The molecule has 0 spiro atoms. The maximum Gasteiger partial charge on any atom is 0.0892 e. The van der Waals surface area contributed by atoms with Crippen molar-refractivity contribution in [2.75, 3.05) is 45.8 Å². The maximum absolute atomic E-state index is 4.19. The van der Waals surface area contributed by atoms with Gasteiger partial charge in [-0.1, -0.05) is 80.6 Å². The number of hydrogen-bond acceptors (Lipinski definition) is 5. The van der Waals surface area contributed by atoms with Crippen LogP contribution in [0.4, 0.5) is 0 Å².